The smallest absolute Gasteiger partial charge is 0.119 e. The molecule has 2 aromatic rings. The van der Waals surface area contributed by atoms with Gasteiger partial charge in [0.25, 0.3) is 0 Å². The van der Waals surface area contributed by atoms with E-state index < -0.39 is 0 Å². The highest BCUT2D eigenvalue weighted by Crippen LogP contribution is 2.28. The molecule has 0 radical (unpaired) electrons. The van der Waals surface area contributed by atoms with Crippen LogP contribution in [0.25, 0.3) is 11.1 Å². The Bertz CT molecular complexity index is 562. The molecule has 20 heavy (non-hydrogen) atoms. The van der Waals surface area contributed by atoms with E-state index in [0.29, 0.717) is 6.54 Å². The normalized spacial score (nSPS) is 10.7. The maximum Gasteiger partial charge on any atom is 0.119 e. The van der Waals surface area contributed by atoms with Gasteiger partial charge in [-0.25, -0.2) is 0 Å². The topological polar surface area (TPSA) is 44.5 Å². The Kier molecular flexibility index (Phi) is 4.64. The molecule has 0 spiro atoms. The van der Waals surface area contributed by atoms with E-state index in [4.69, 9.17) is 15.2 Å². The summed E-state index contributed by atoms with van der Waals surface area (Å²) in [7, 11) is 1.66. The molecule has 106 valence electrons. The minimum absolute atomic E-state index is 0.182. The van der Waals surface area contributed by atoms with Gasteiger partial charge in [0.05, 0.1) is 13.2 Å². The summed E-state index contributed by atoms with van der Waals surface area (Å²) in [5.41, 5.74) is 9.16. The van der Waals surface area contributed by atoms with Crippen molar-refractivity contribution in [3.8, 4) is 22.6 Å². The third kappa shape index (κ3) is 3.31. The van der Waals surface area contributed by atoms with Crippen molar-refractivity contribution in [2.75, 3.05) is 7.11 Å². The van der Waals surface area contributed by atoms with Gasteiger partial charge < -0.3 is 15.2 Å². The Hall–Kier alpha value is -2.00. The molecule has 0 bridgehead atoms. The Morgan fingerprint density at radius 1 is 1.00 bits per heavy atom. The van der Waals surface area contributed by atoms with Crippen molar-refractivity contribution in [3.63, 3.8) is 0 Å². The minimum atomic E-state index is 0.182. The monoisotopic (exact) mass is 271 g/mol. The maximum absolute atomic E-state index is 5.83. The number of methoxy groups -OCH3 is 1. The van der Waals surface area contributed by atoms with Gasteiger partial charge in [-0.05, 0) is 54.8 Å². The van der Waals surface area contributed by atoms with E-state index in [9.17, 15) is 0 Å². The fourth-order valence-electron chi connectivity index (χ4n) is 2.13. The van der Waals surface area contributed by atoms with E-state index in [1.54, 1.807) is 7.11 Å². The molecule has 0 unspecified atom stereocenters. The number of benzene rings is 2. The molecule has 0 heterocycles. The molecule has 2 N–H and O–H groups in total. The van der Waals surface area contributed by atoms with Crippen molar-refractivity contribution in [1.29, 1.82) is 0 Å². The molecule has 3 nitrogen and oxygen atoms in total. The number of nitrogens with two attached hydrogens (primary N) is 1. The van der Waals surface area contributed by atoms with Gasteiger partial charge >= 0.3 is 0 Å². The molecule has 0 aromatic heterocycles. The lowest BCUT2D eigenvalue weighted by Gasteiger charge is -2.12. The van der Waals surface area contributed by atoms with Crippen molar-refractivity contribution in [2.24, 2.45) is 5.73 Å². The number of hydrogen-bond donors (Lipinski definition) is 1. The summed E-state index contributed by atoms with van der Waals surface area (Å²) in [5.74, 6) is 1.71. The van der Waals surface area contributed by atoms with Crippen LogP contribution in [0.2, 0.25) is 0 Å². The molecule has 3 heteroatoms. The van der Waals surface area contributed by atoms with Gasteiger partial charge in [0, 0.05) is 6.54 Å². The molecule has 0 aliphatic heterocycles. The zero-order valence-electron chi connectivity index (χ0n) is 12.2. The molecule has 0 fully saturated rings. The van der Waals surface area contributed by atoms with Crippen molar-refractivity contribution in [3.05, 3.63) is 48.0 Å². The van der Waals surface area contributed by atoms with Crippen LogP contribution in [0.3, 0.4) is 0 Å². The zero-order chi connectivity index (χ0) is 14.5. The Balaban J connectivity index is 2.31. The van der Waals surface area contributed by atoms with Crippen molar-refractivity contribution < 1.29 is 9.47 Å². The summed E-state index contributed by atoms with van der Waals surface area (Å²) >= 11 is 0. The predicted octanol–water partition coefficient (Wildman–Crippen LogP) is 3.61. The molecule has 0 aliphatic rings. The van der Waals surface area contributed by atoms with Crippen molar-refractivity contribution >= 4 is 0 Å². The van der Waals surface area contributed by atoms with E-state index >= 15 is 0 Å². The summed E-state index contributed by atoms with van der Waals surface area (Å²) in [6.07, 6.45) is 0.182. The van der Waals surface area contributed by atoms with Crippen LogP contribution in [0.4, 0.5) is 0 Å². The summed E-state index contributed by atoms with van der Waals surface area (Å²) in [4.78, 5) is 0. The quantitative estimate of drug-likeness (QED) is 0.903. The standard InChI is InChI=1S/C17H21NO2/c1-12(2)20-15-6-4-13(5-7-15)17-9-8-16(19-3)10-14(17)11-18/h4-10,12H,11,18H2,1-3H3. The first kappa shape index (κ1) is 14.4. The Labute approximate surface area is 120 Å². The van der Waals surface area contributed by atoms with Crippen LogP contribution in [-0.4, -0.2) is 13.2 Å². The lowest BCUT2D eigenvalue weighted by molar-refractivity contribution is 0.242. The summed E-state index contributed by atoms with van der Waals surface area (Å²) in [6, 6.07) is 14.1. The second kappa shape index (κ2) is 6.44. The molecular formula is C17H21NO2. The molecule has 0 saturated heterocycles. The Morgan fingerprint density at radius 3 is 2.20 bits per heavy atom. The van der Waals surface area contributed by atoms with E-state index in [1.807, 2.05) is 44.2 Å². The molecule has 0 amide bonds. The van der Waals surface area contributed by atoms with Crippen LogP contribution >= 0.6 is 0 Å². The van der Waals surface area contributed by atoms with Gasteiger partial charge in [0.15, 0.2) is 0 Å². The third-order valence-corrected chi connectivity index (χ3v) is 3.07. The average molecular weight is 271 g/mol. The first-order valence-electron chi connectivity index (χ1n) is 6.78. The molecule has 2 aromatic carbocycles. The van der Waals surface area contributed by atoms with Crippen LogP contribution < -0.4 is 15.2 Å². The van der Waals surface area contributed by atoms with Gasteiger partial charge in [-0.1, -0.05) is 18.2 Å². The lowest BCUT2D eigenvalue weighted by atomic mass is 9.99. The fourth-order valence-corrected chi connectivity index (χ4v) is 2.13. The van der Waals surface area contributed by atoms with E-state index in [0.717, 1.165) is 28.2 Å². The third-order valence-electron chi connectivity index (χ3n) is 3.07. The summed E-state index contributed by atoms with van der Waals surface area (Å²) in [6.45, 7) is 4.52. The van der Waals surface area contributed by atoms with E-state index in [1.165, 1.54) is 0 Å². The van der Waals surface area contributed by atoms with Crippen molar-refractivity contribution in [1.82, 2.24) is 0 Å². The second-order valence-electron chi connectivity index (χ2n) is 4.92. The molecule has 0 saturated carbocycles. The Morgan fingerprint density at radius 2 is 1.65 bits per heavy atom. The maximum atomic E-state index is 5.83. The van der Waals surface area contributed by atoms with Crippen LogP contribution in [0.5, 0.6) is 11.5 Å². The van der Waals surface area contributed by atoms with Gasteiger partial charge in [-0.15, -0.1) is 0 Å². The van der Waals surface area contributed by atoms with Crippen LogP contribution in [0, 0.1) is 0 Å². The zero-order valence-corrected chi connectivity index (χ0v) is 12.2. The average Bonchev–Trinajstić information content (AvgIpc) is 2.47. The highest BCUT2D eigenvalue weighted by atomic mass is 16.5. The first-order chi connectivity index (χ1) is 9.63. The SMILES string of the molecule is COc1ccc(-c2ccc(OC(C)C)cc2)c(CN)c1. The number of rotatable bonds is 5. The summed E-state index contributed by atoms with van der Waals surface area (Å²) < 4.78 is 10.9. The van der Waals surface area contributed by atoms with Crippen LogP contribution in [-0.2, 0) is 6.54 Å². The van der Waals surface area contributed by atoms with E-state index in [2.05, 4.69) is 12.1 Å². The number of ether oxygens (including phenoxy) is 2. The highest BCUT2D eigenvalue weighted by Gasteiger charge is 2.06. The first-order valence-corrected chi connectivity index (χ1v) is 6.78. The van der Waals surface area contributed by atoms with E-state index in [-0.39, 0.29) is 6.10 Å². The predicted molar refractivity (Wildman–Crippen MR) is 82.1 cm³/mol. The van der Waals surface area contributed by atoms with Crippen LogP contribution in [0.15, 0.2) is 42.5 Å². The molecule has 0 aliphatic carbocycles. The minimum Gasteiger partial charge on any atom is -0.497 e. The van der Waals surface area contributed by atoms with Gasteiger partial charge in [-0.2, -0.15) is 0 Å². The van der Waals surface area contributed by atoms with Gasteiger partial charge in [-0.3, -0.25) is 0 Å². The second-order valence-corrected chi connectivity index (χ2v) is 4.92. The molecule has 2 rings (SSSR count). The fraction of sp³-hybridized carbons (Fsp3) is 0.294. The highest BCUT2D eigenvalue weighted by molar-refractivity contribution is 5.69. The molecular weight excluding hydrogens is 250 g/mol. The lowest BCUT2D eigenvalue weighted by Crippen LogP contribution is -2.05. The van der Waals surface area contributed by atoms with Crippen molar-refractivity contribution in [2.45, 2.75) is 26.5 Å². The van der Waals surface area contributed by atoms with Crippen LogP contribution in [0.1, 0.15) is 19.4 Å². The molecule has 0 atom stereocenters. The number of hydrogen-bond acceptors (Lipinski definition) is 3. The summed E-state index contributed by atoms with van der Waals surface area (Å²) in [5, 5.41) is 0. The van der Waals surface area contributed by atoms with Gasteiger partial charge in [0.1, 0.15) is 11.5 Å². The largest absolute Gasteiger partial charge is 0.497 e. The van der Waals surface area contributed by atoms with Gasteiger partial charge in [0.2, 0.25) is 0 Å².